The van der Waals surface area contributed by atoms with Crippen molar-refractivity contribution in [2.75, 3.05) is 13.7 Å². The van der Waals surface area contributed by atoms with Gasteiger partial charge in [-0.3, -0.25) is 0 Å². The Hall–Kier alpha value is -1.20. The number of aromatic nitrogens is 1. The minimum absolute atomic E-state index is 0.333. The summed E-state index contributed by atoms with van der Waals surface area (Å²) in [5, 5.41) is 2.52. The van der Waals surface area contributed by atoms with Crippen LogP contribution in [-0.2, 0) is 16.1 Å². The van der Waals surface area contributed by atoms with Crippen molar-refractivity contribution < 1.29 is 14.3 Å². The quantitative estimate of drug-likeness (QED) is 0.615. The predicted molar refractivity (Wildman–Crippen MR) is 74.1 cm³/mol. The lowest BCUT2D eigenvalue weighted by Gasteiger charge is -2.24. The SMILES string of the molecule is COCc1nc(C(=O)OC[C@@H]2CC=CC[C@@H]2C)cs1. The first kappa shape index (κ1) is 14.2. The van der Waals surface area contributed by atoms with Crippen molar-refractivity contribution in [2.24, 2.45) is 11.8 Å². The first-order valence-electron chi connectivity index (χ1n) is 6.46. The van der Waals surface area contributed by atoms with Gasteiger partial charge in [0.25, 0.3) is 0 Å². The first-order chi connectivity index (χ1) is 9.20. The number of ether oxygens (including phenoxy) is 2. The standard InChI is InChI=1S/C14H19NO3S/c1-10-5-3-4-6-11(10)7-18-14(16)12-9-19-13(15-12)8-17-2/h3-4,9-11H,5-8H2,1-2H3/t10-,11-/m0/s1. The van der Waals surface area contributed by atoms with Crippen molar-refractivity contribution in [1.82, 2.24) is 4.98 Å². The van der Waals surface area contributed by atoms with E-state index in [1.807, 2.05) is 0 Å². The van der Waals surface area contributed by atoms with E-state index in [2.05, 4.69) is 24.1 Å². The third kappa shape index (κ3) is 3.88. The Morgan fingerprint density at radius 2 is 2.26 bits per heavy atom. The number of thiazole rings is 1. The van der Waals surface area contributed by atoms with E-state index >= 15 is 0 Å². The molecule has 1 aromatic heterocycles. The van der Waals surface area contributed by atoms with Crippen LogP contribution in [0.5, 0.6) is 0 Å². The fourth-order valence-corrected chi connectivity index (χ4v) is 2.82. The van der Waals surface area contributed by atoms with Gasteiger partial charge in [0.1, 0.15) is 5.01 Å². The van der Waals surface area contributed by atoms with Crippen LogP contribution in [0.1, 0.15) is 35.3 Å². The van der Waals surface area contributed by atoms with E-state index < -0.39 is 0 Å². The molecule has 0 radical (unpaired) electrons. The summed E-state index contributed by atoms with van der Waals surface area (Å²) < 4.78 is 10.3. The lowest BCUT2D eigenvalue weighted by atomic mass is 9.85. The lowest BCUT2D eigenvalue weighted by Crippen LogP contribution is -2.21. The Morgan fingerprint density at radius 3 is 3.00 bits per heavy atom. The molecule has 0 saturated carbocycles. The van der Waals surface area contributed by atoms with Crippen LogP contribution in [-0.4, -0.2) is 24.7 Å². The minimum Gasteiger partial charge on any atom is -0.461 e. The smallest absolute Gasteiger partial charge is 0.357 e. The summed E-state index contributed by atoms with van der Waals surface area (Å²) in [5.74, 6) is 0.656. The second-order valence-electron chi connectivity index (χ2n) is 4.84. The number of hydrogen-bond donors (Lipinski definition) is 0. The Morgan fingerprint density at radius 1 is 1.47 bits per heavy atom. The Labute approximate surface area is 117 Å². The highest BCUT2D eigenvalue weighted by molar-refractivity contribution is 7.09. The highest BCUT2D eigenvalue weighted by atomic mass is 32.1. The molecular formula is C14H19NO3S. The van der Waals surface area contributed by atoms with Crippen molar-refractivity contribution in [3.63, 3.8) is 0 Å². The van der Waals surface area contributed by atoms with Gasteiger partial charge in [-0.15, -0.1) is 11.3 Å². The number of nitrogens with zero attached hydrogens (tertiary/aromatic N) is 1. The van der Waals surface area contributed by atoms with Gasteiger partial charge in [0.05, 0.1) is 13.2 Å². The van der Waals surface area contributed by atoms with Crippen molar-refractivity contribution in [2.45, 2.75) is 26.4 Å². The molecule has 0 saturated heterocycles. The van der Waals surface area contributed by atoms with E-state index in [0.717, 1.165) is 17.8 Å². The van der Waals surface area contributed by atoms with E-state index in [1.54, 1.807) is 12.5 Å². The molecule has 1 heterocycles. The maximum Gasteiger partial charge on any atom is 0.357 e. The molecule has 1 aliphatic rings. The van der Waals surface area contributed by atoms with Gasteiger partial charge < -0.3 is 9.47 Å². The number of allylic oxidation sites excluding steroid dienone is 2. The topological polar surface area (TPSA) is 48.4 Å². The van der Waals surface area contributed by atoms with Gasteiger partial charge in [-0.05, 0) is 24.7 Å². The van der Waals surface area contributed by atoms with Gasteiger partial charge in [0, 0.05) is 12.5 Å². The summed E-state index contributed by atoms with van der Waals surface area (Å²) >= 11 is 1.42. The number of methoxy groups -OCH3 is 1. The third-order valence-electron chi connectivity index (χ3n) is 3.38. The molecule has 1 aliphatic carbocycles. The van der Waals surface area contributed by atoms with E-state index in [9.17, 15) is 4.79 Å². The van der Waals surface area contributed by atoms with Crippen LogP contribution in [0.2, 0.25) is 0 Å². The summed E-state index contributed by atoms with van der Waals surface area (Å²) in [6.45, 7) is 3.10. The van der Waals surface area contributed by atoms with Gasteiger partial charge >= 0.3 is 5.97 Å². The minimum atomic E-state index is -0.333. The average Bonchev–Trinajstić information content (AvgIpc) is 2.87. The van der Waals surface area contributed by atoms with E-state index in [1.165, 1.54) is 11.3 Å². The van der Waals surface area contributed by atoms with Crippen LogP contribution in [0.15, 0.2) is 17.5 Å². The zero-order valence-electron chi connectivity index (χ0n) is 11.3. The molecule has 0 aliphatic heterocycles. The van der Waals surface area contributed by atoms with Crippen LogP contribution in [0.25, 0.3) is 0 Å². The molecule has 0 spiro atoms. The number of hydrogen-bond acceptors (Lipinski definition) is 5. The molecule has 19 heavy (non-hydrogen) atoms. The molecule has 0 amide bonds. The Bertz CT molecular complexity index is 455. The van der Waals surface area contributed by atoms with Crippen LogP contribution >= 0.6 is 11.3 Å². The monoisotopic (exact) mass is 281 g/mol. The zero-order chi connectivity index (χ0) is 13.7. The number of carbonyl (C=O) groups excluding carboxylic acids is 1. The van der Waals surface area contributed by atoms with Crippen LogP contribution < -0.4 is 0 Å². The highest BCUT2D eigenvalue weighted by Gasteiger charge is 2.21. The molecule has 0 bridgehead atoms. The van der Waals surface area contributed by atoms with Gasteiger partial charge in [0.2, 0.25) is 0 Å². The maximum absolute atomic E-state index is 11.9. The van der Waals surface area contributed by atoms with E-state index in [-0.39, 0.29) is 5.97 Å². The second-order valence-corrected chi connectivity index (χ2v) is 5.78. The Kier molecular flexibility index (Phi) is 5.10. The summed E-state index contributed by atoms with van der Waals surface area (Å²) in [4.78, 5) is 16.1. The molecule has 1 aromatic rings. The summed E-state index contributed by atoms with van der Waals surface area (Å²) in [5.41, 5.74) is 0.385. The Balaban J connectivity index is 1.84. The molecule has 0 unspecified atom stereocenters. The molecule has 2 rings (SSSR count). The highest BCUT2D eigenvalue weighted by Crippen LogP contribution is 2.25. The van der Waals surface area contributed by atoms with Crippen LogP contribution in [0, 0.1) is 11.8 Å². The summed E-state index contributed by atoms with van der Waals surface area (Å²) in [6, 6.07) is 0. The molecule has 5 heteroatoms. The third-order valence-corrected chi connectivity index (χ3v) is 4.20. The largest absolute Gasteiger partial charge is 0.461 e. The number of carbonyl (C=O) groups is 1. The van der Waals surface area contributed by atoms with E-state index in [0.29, 0.717) is 30.7 Å². The normalized spacial score (nSPS) is 22.4. The van der Waals surface area contributed by atoms with Crippen LogP contribution in [0.3, 0.4) is 0 Å². The first-order valence-corrected chi connectivity index (χ1v) is 7.34. The van der Waals surface area contributed by atoms with Crippen molar-refractivity contribution >= 4 is 17.3 Å². The molecule has 0 fully saturated rings. The molecule has 0 aromatic carbocycles. The van der Waals surface area contributed by atoms with Crippen molar-refractivity contribution in [3.8, 4) is 0 Å². The van der Waals surface area contributed by atoms with Gasteiger partial charge in [0.15, 0.2) is 5.69 Å². The average molecular weight is 281 g/mol. The molecular weight excluding hydrogens is 262 g/mol. The van der Waals surface area contributed by atoms with Crippen LogP contribution in [0.4, 0.5) is 0 Å². The molecule has 4 nitrogen and oxygen atoms in total. The van der Waals surface area contributed by atoms with Crippen molar-refractivity contribution in [3.05, 3.63) is 28.2 Å². The maximum atomic E-state index is 11.9. The zero-order valence-corrected chi connectivity index (χ0v) is 12.1. The van der Waals surface area contributed by atoms with Crippen molar-refractivity contribution in [1.29, 1.82) is 0 Å². The second kappa shape index (κ2) is 6.82. The lowest BCUT2D eigenvalue weighted by molar-refractivity contribution is 0.0389. The van der Waals surface area contributed by atoms with E-state index in [4.69, 9.17) is 9.47 Å². The van der Waals surface area contributed by atoms with Gasteiger partial charge in [-0.25, -0.2) is 9.78 Å². The molecule has 2 atom stereocenters. The number of esters is 1. The summed E-state index contributed by atoms with van der Waals surface area (Å²) in [6.07, 6.45) is 6.41. The number of rotatable bonds is 5. The predicted octanol–water partition coefficient (Wildman–Crippen LogP) is 3.05. The fraction of sp³-hybridized carbons (Fsp3) is 0.571. The fourth-order valence-electron chi connectivity index (χ4n) is 2.09. The molecule has 0 N–H and O–H groups in total. The molecule has 104 valence electrons. The summed E-state index contributed by atoms with van der Waals surface area (Å²) in [7, 11) is 1.61. The van der Waals surface area contributed by atoms with Gasteiger partial charge in [-0.1, -0.05) is 19.1 Å². The van der Waals surface area contributed by atoms with Gasteiger partial charge in [-0.2, -0.15) is 0 Å².